The topological polar surface area (TPSA) is 38.9 Å². The van der Waals surface area contributed by atoms with Gasteiger partial charge in [-0.25, -0.2) is 0 Å². The average molecular weight is 229 g/mol. The standard InChI is InChI=1S/C9H6Cl2N2O/c10-5-8-12-9(14-13-8)6-3-1-2-4-7(6)11/h1-4H,5H2. The van der Waals surface area contributed by atoms with Gasteiger partial charge in [0, 0.05) is 0 Å². The molecule has 0 amide bonds. The second-order valence-corrected chi connectivity index (χ2v) is 3.30. The first-order valence-corrected chi connectivity index (χ1v) is 4.86. The molecule has 0 aliphatic carbocycles. The zero-order valence-corrected chi connectivity index (χ0v) is 8.59. The molecule has 0 fully saturated rings. The van der Waals surface area contributed by atoms with E-state index in [0.29, 0.717) is 16.7 Å². The molecule has 0 saturated heterocycles. The first-order valence-electron chi connectivity index (χ1n) is 3.94. The molecule has 1 aromatic carbocycles. The Morgan fingerprint density at radius 3 is 2.71 bits per heavy atom. The van der Waals surface area contributed by atoms with Crippen LogP contribution in [-0.2, 0) is 5.88 Å². The Hall–Kier alpha value is -1.06. The fourth-order valence-corrected chi connectivity index (χ4v) is 1.38. The molecule has 14 heavy (non-hydrogen) atoms. The van der Waals surface area contributed by atoms with E-state index < -0.39 is 0 Å². The predicted molar refractivity (Wildman–Crippen MR) is 54.3 cm³/mol. The van der Waals surface area contributed by atoms with Crippen molar-refractivity contribution in [2.75, 3.05) is 0 Å². The van der Waals surface area contributed by atoms with Gasteiger partial charge in [0.05, 0.1) is 16.5 Å². The van der Waals surface area contributed by atoms with Gasteiger partial charge in [-0.15, -0.1) is 11.6 Å². The number of benzene rings is 1. The van der Waals surface area contributed by atoms with Crippen molar-refractivity contribution in [3.63, 3.8) is 0 Å². The molecule has 0 aliphatic heterocycles. The highest BCUT2D eigenvalue weighted by Gasteiger charge is 2.10. The highest BCUT2D eigenvalue weighted by Crippen LogP contribution is 2.25. The van der Waals surface area contributed by atoms with Gasteiger partial charge >= 0.3 is 0 Å². The zero-order chi connectivity index (χ0) is 9.97. The molecule has 1 heterocycles. The molecule has 1 aromatic heterocycles. The van der Waals surface area contributed by atoms with Gasteiger partial charge in [-0.05, 0) is 12.1 Å². The van der Waals surface area contributed by atoms with Gasteiger partial charge in [0.25, 0.3) is 5.89 Å². The predicted octanol–water partition coefficient (Wildman–Crippen LogP) is 3.13. The van der Waals surface area contributed by atoms with Crippen LogP contribution < -0.4 is 0 Å². The maximum Gasteiger partial charge on any atom is 0.259 e. The molecular weight excluding hydrogens is 223 g/mol. The van der Waals surface area contributed by atoms with Crippen LogP contribution in [0.15, 0.2) is 28.8 Å². The minimum atomic E-state index is 0.230. The Morgan fingerprint density at radius 2 is 2.07 bits per heavy atom. The molecule has 0 atom stereocenters. The van der Waals surface area contributed by atoms with Crippen LogP contribution >= 0.6 is 23.2 Å². The number of aromatic nitrogens is 2. The van der Waals surface area contributed by atoms with Gasteiger partial charge < -0.3 is 4.52 Å². The largest absolute Gasteiger partial charge is 0.334 e. The summed E-state index contributed by atoms with van der Waals surface area (Å²) in [6, 6.07) is 7.27. The fraction of sp³-hybridized carbons (Fsp3) is 0.111. The Kier molecular flexibility index (Phi) is 2.70. The normalized spacial score (nSPS) is 10.4. The molecule has 0 N–H and O–H groups in total. The summed E-state index contributed by atoms with van der Waals surface area (Å²) in [5.41, 5.74) is 0.720. The summed E-state index contributed by atoms with van der Waals surface area (Å²) >= 11 is 11.5. The molecule has 0 bridgehead atoms. The van der Waals surface area contributed by atoms with Crippen LogP contribution in [0.5, 0.6) is 0 Å². The molecule has 0 saturated carbocycles. The second-order valence-electron chi connectivity index (χ2n) is 2.63. The van der Waals surface area contributed by atoms with Crippen LogP contribution in [0.25, 0.3) is 11.5 Å². The number of rotatable bonds is 2. The third-order valence-corrected chi connectivity index (χ3v) is 2.26. The SMILES string of the molecule is ClCc1noc(-c2ccccc2Cl)n1. The minimum absolute atomic E-state index is 0.230. The van der Waals surface area contributed by atoms with E-state index in [1.54, 1.807) is 6.07 Å². The monoisotopic (exact) mass is 228 g/mol. The first-order chi connectivity index (χ1) is 6.81. The number of hydrogen-bond donors (Lipinski definition) is 0. The summed E-state index contributed by atoms with van der Waals surface area (Å²) in [5.74, 6) is 1.08. The summed E-state index contributed by atoms with van der Waals surface area (Å²) in [6.45, 7) is 0. The van der Waals surface area contributed by atoms with E-state index in [9.17, 15) is 0 Å². The van der Waals surface area contributed by atoms with Gasteiger partial charge in [-0.3, -0.25) is 0 Å². The molecular formula is C9H6Cl2N2O. The molecule has 72 valence electrons. The molecule has 0 unspecified atom stereocenters. The molecule has 2 rings (SSSR count). The van der Waals surface area contributed by atoms with Crippen molar-refractivity contribution in [2.24, 2.45) is 0 Å². The lowest BCUT2D eigenvalue weighted by molar-refractivity contribution is 0.425. The van der Waals surface area contributed by atoms with Crippen molar-refractivity contribution < 1.29 is 4.52 Å². The summed E-state index contributed by atoms with van der Waals surface area (Å²) in [4.78, 5) is 4.07. The quantitative estimate of drug-likeness (QED) is 0.742. The van der Waals surface area contributed by atoms with Crippen molar-refractivity contribution in [3.8, 4) is 11.5 Å². The maximum atomic E-state index is 5.95. The van der Waals surface area contributed by atoms with Crippen LogP contribution in [0, 0.1) is 0 Å². The lowest BCUT2D eigenvalue weighted by atomic mass is 10.2. The maximum absolute atomic E-state index is 5.95. The van der Waals surface area contributed by atoms with E-state index in [2.05, 4.69) is 10.1 Å². The summed E-state index contributed by atoms with van der Waals surface area (Å²) in [7, 11) is 0. The zero-order valence-electron chi connectivity index (χ0n) is 7.08. The third kappa shape index (κ3) is 1.74. The lowest BCUT2D eigenvalue weighted by Crippen LogP contribution is -1.81. The van der Waals surface area contributed by atoms with Crippen LogP contribution in [0.4, 0.5) is 0 Å². The van der Waals surface area contributed by atoms with E-state index in [1.807, 2.05) is 18.2 Å². The molecule has 2 aromatic rings. The lowest BCUT2D eigenvalue weighted by Gasteiger charge is -1.95. The van der Waals surface area contributed by atoms with Crippen LogP contribution in [-0.4, -0.2) is 10.1 Å². The van der Waals surface area contributed by atoms with E-state index in [4.69, 9.17) is 27.7 Å². The summed E-state index contributed by atoms with van der Waals surface area (Å²) < 4.78 is 4.99. The third-order valence-electron chi connectivity index (χ3n) is 1.69. The molecule has 3 nitrogen and oxygen atoms in total. The summed E-state index contributed by atoms with van der Waals surface area (Å²) in [6.07, 6.45) is 0. The number of hydrogen-bond acceptors (Lipinski definition) is 3. The summed E-state index contributed by atoms with van der Waals surface area (Å²) in [5, 5.41) is 4.26. The van der Waals surface area contributed by atoms with Crippen LogP contribution in [0.3, 0.4) is 0 Å². The Bertz CT molecular complexity index is 442. The number of alkyl halides is 1. The first kappa shape index (κ1) is 9.49. The fourth-order valence-electron chi connectivity index (χ4n) is 1.05. The van der Waals surface area contributed by atoms with Gasteiger partial charge in [0.1, 0.15) is 0 Å². The second kappa shape index (κ2) is 3.98. The van der Waals surface area contributed by atoms with E-state index >= 15 is 0 Å². The van der Waals surface area contributed by atoms with E-state index in [0.717, 1.165) is 5.56 Å². The van der Waals surface area contributed by atoms with Gasteiger partial charge in [0.2, 0.25) is 0 Å². The van der Waals surface area contributed by atoms with Crippen molar-refractivity contribution in [3.05, 3.63) is 35.1 Å². The van der Waals surface area contributed by atoms with Crippen molar-refractivity contribution in [1.29, 1.82) is 0 Å². The Labute approximate surface area is 90.6 Å². The molecule has 0 aliphatic rings. The average Bonchev–Trinajstić information content (AvgIpc) is 2.67. The highest BCUT2D eigenvalue weighted by atomic mass is 35.5. The number of halogens is 2. The van der Waals surface area contributed by atoms with Gasteiger partial charge in [0.15, 0.2) is 5.82 Å². The van der Waals surface area contributed by atoms with Crippen LogP contribution in [0.1, 0.15) is 5.82 Å². The van der Waals surface area contributed by atoms with Gasteiger partial charge in [-0.2, -0.15) is 4.98 Å². The van der Waals surface area contributed by atoms with E-state index in [1.165, 1.54) is 0 Å². The Morgan fingerprint density at radius 1 is 1.29 bits per heavy atom. The molecule has 0 spiro atoms. The van der Waals surface area contributed by atoms with Crippen molar-refractivity contribution >= 4 is 23.2 Å². The highest BCUT2D eigenvalue weighted by molar-refractivity contribution is 6.33. The van der Waals surface area contributed by atoms with Crippen molar-refractivity contribution in [2.45, 2.75) is 5.88 Å². The smallest absolute Gasteiger partial charge is 0.259 e. The number of nitrogens with zero attached hydrogens (tertiary/aromatic N) is 2. The van der Waals surface area contributed by atoms with E-state index in [-0.39, 0.29) is 5.88 Å². The molecule has 5 heteroatoms. The van der Waals surface area contributed by atoms with Gasteiger partial charge in [-0.1, -0.05) is 28.9 Å². The molecule has 0 radical (unpaired) electrons. The Balaban J connectivity index is 2.44. The van der Waals surface area contributed by atoms with Crippen LogP contribution in [0.2, 0.25) is 5.02 Å². The minimum Gasteiger partial charge on any atom is -0.334 e. The van der Waals surface area contributed by atoms with Crippen molar-refractivity contribution in [1.82, 2.24) is 10.1 Å².